The summed E-state index contributed by atoms with van der Waals surface area (Å²) < 4.78 is 16.9. The quantitative estimate of drug-likeness (QED) is 0.289. The van der Waals surface area contributed by atoms with Gasteiger partial charge in [-0.2, -0.15) is 0 Å². The van der Waals surface area contributed by atoms with Crippen LogP contribution in [0.15, 0.2) is 36.9 Å². The molecule has 1 spiro atoms. The van der Waals surface area contributed by atoms with E-state index >= 15 is 0 Å². The molecule has 3 heterocycles. The third-order valence-electron chi connectivity index (χ3n) is 6.88. The van der Waals surface area contributed by atoms with E-state index < -0.39 is 35.6 Å². The van der Waals surface area contributed by atoms with E-state index in [1.807, 2.05) is 0 Å². The van der Waals surface area contributed by atoms with Crippen LogP contribution in [0.1, 0.15) is 13.3 Å². The lowest BCUT2D eigenvalue weighted by molar-refractivity contribution is -0.154. The van der Waals surface area contributed by atoms with Gasteiger partial charge in [0.2, 0.25) is 5.91 Å². The van der Waals surface area contributed by atoms with Crippen LogP contribution in [-0.4, -0.2) is 83.8 Å². The lowest BCUT2D eigenvalue weighted by Gasteiger charge is -2.37. The minimum absolute atomic E-state index is 0.0471. The minimum atomic E-state index is -1.20. The van der Waals surface area contributed by atoms with Crippen molar-refractivity contribution in [3.8, 4) is 5.75 Å². The number of carbonyl (C=O) groups excluding carboxylic acids is 3. The zero-order valence-electron chi connectivity index (χ0n) is 19.2. The van der Waals surface area contributed by atoms with Gasteiger partial charge in [-0.05, 0) is 37.6 Å². The van der Waals surface area contributed by atoms with Crippen LogP contribution < -0.4 is 9.64 Å². The Balaban J connectivity index is 1.76. The second-order valence-electron chi connectivity index (χ2n) is 8.61. The fraction of sp³-hybridized carbons (Fsp3) is 0.542. The van der Waals surface area contributed by atoms with E-state index in [0.717, 1.165) is 0 Å². The number of anilines is 1. The van der Waals surface area contributed by atoms with Crippen LogP contribution in [0.3, 0.4) is 0 Å². The summed E-state index contributed by atoms with van der Waals surface area (Å²) in [5, 5.41) is 9.71. The number of aliphatic hydroxyl groups excluding tert-OH is 1. The maximum Gasteiger partial charge on any atom is 0.312 e. The number of methoxy groups -OCH3 is 1. The second-order valence-corrected chi connectivity index (χ2v) is 9.78. The Morgan fingerprint density at radius 2 is 2.09 bits per heavy atom. The number of likely N-dealkylation sites (tertiary alicyclic amines) is 1. The molecule has 1 aromatic rings. The first kappa shape index (κ1) is 24.7. The van der Waals surface area contributed by atoms with E-state index in [9.17, 15) is 19.5 Å². The van der Waals surface area contributed by atoms with E-state index in [1.165, 1.54) is 9.80 Å². The van der Waals surface area contributed by atoms with Crippen molar-refractivity contribution in [1.82, 2.24) is 4.90 Å². The molecule has 0 aromatic heterocycles. The van der Waals surface area contributed by atoms with Crippen LogP contribution in [0.25, 0.3) is 0 Å². The molecule has 34 heavy (non-hydrogen) atoms. The summed E-state index contributed by atoms with van der Waals surface area (Å²) in [6, 6.07) is 5.99. The van der Waals surface area contributed by atoms with Gasteiger partial charge in [0, 0.05) is 23.6 Å². The molecule has 3 fully saturated rings. The predicted octanol–water partition coefficient (Wildman–Crippen LogP) is 1.52. The zero-order chi connectivity index (χ0) is 24.6. The number of benzene rings is 1. The molecule has 4 rings (SSSR count). The molecule has 10 heteroatoms. The lowest BCUT2D eigenvalue weighted by atomic mass is 9.70. The first-order valence-corrected chi connectivity index (χ1v) is 12.2. The molecule has 1 N–H and O–H groups in total. The highest BCUT2D eigenvalue weighted by molar-refractivity contribution is 9.09. The molecule has 184 valence electrons. The number of hydrogen-bond acceptors (Lipinski definition) is 7. The van der Waals surface area contributed by atoms with Crippen LogP contribution in [0.4, 0.5) is 5.69 Å². The van der Waals surface area contributed by atoms with Crippen molar-refractivity contribution in [2.24, 2.45) is 11.8 Å². The molecule has 0 radical (unpaired) electrons. The van der Waals surface area contributed by atoms with Crippen molar-refractivity contribution < 1.29 is 33.7 Å². The van der Waals surface area contributed by atoms with Gasteiger partial charge in [-0.25, -0.2) is 0 Å². The molecule has 3 aliphatic rings. The van der Waals surface area contributed by atoms with E-state index in [2.05, 4.69) is 22.5 Å². The van der Waals surface area contributed by atoms with Crippen molar-refractivity contribution in [2.75, 3.05) is 38.3 Å². The van der Waals surface area contributed by atoms with Crippen molar-refractivity contribution in [3.63, 3.8) is 0 Å². The second kappa shape index (κ2) is 9.67. The van der Waals surface area contributed by atoms with Crippen LogP contribution in [0, 0.1) is 11.8 Å². The highest BCUT2D eigenvalue weighted by Gasteiger charge is 2.77. The standard InChI is InChI=1S/C24H29BrN2O7/c1-4-10-26(14-6-8-15(32-3)9-7-14)22(30)20-24-13-16(25)19(34-24)17(23(31)33-5-2)18(24)21(29)27(20)11-12-28/h4,6-9,16-20,28H,1,5,10-13H2,2-3H3/t16?,17-,18+,19-,20?,24?/m1/s1. The zero-order valence-corrected chi connectivity index (χ0v) is 20.8. The van der Waals surface area contributed by atoms with Gasteiger partial charge in [-0.3, -0.25) is 14.4 Å². The van der Waals surface area contributed by atoms with E-state index in [1.54, 1.807) is 44.4 Å². The molecule has 2 bridgehead atoms. The molecule has 0 aliphatic carbocycles. The summed E-state index contributed by atoms with van der Waals surface area (Å²) in [7, 11) is 1.56. The number of carbonyl (C=O) groups is 3. The molecule has 3 unspecified atom stereocenters. The smallest absolute Gasteiger partial charge is 0.312 e. The predicted molar refractivity (Wildman–Crippen MR) is 127 cm³/mol. The molecular weight excluding hydrogens is 508 g/mol. The molecule has 1 aromatic carbocycles. The Bertz CT molecular complexity index is 971. The number of fused-ring (bicyclic) bond motifs is 1. The summed E-state index contributed by atoms with van der Waals surface area (Å²) in [5.74, 6) is -2.28. The van der Waals surface area contributed by atoms with E-state index in [4.69, 9.17) is 14.2 Å². The van der Waals surface area contributed by atoms with Crippen LogP contribution >= 0.6 is 15.9 Å². The van der Waals surface area contributed by atoms with E-state index in [-0.39, 0.29) is 42.9 Å². The number of aliphatic hydroxyl groups is 1. The van der Waals surface area contributed by atoms with Gasteiger partial charge >= 0.3 is 5.97 Å². The number of ether oxygens (including phenoxy) is 3. The molecule has 9 nitrogen and oxygen atoms in total. The number of halogens is 1. The van der Waals surface area contributed by atoms with Crippen molar-refractivity contribution in [3.05, 3.63) is 36.9 Å². The Kier molecular flexibility index (Phi) is 7.02. The summed E-state index contributed by atoms with van der Waals surface area (Å²) in [6.45, 7) is 5.49. The van der Waals surface area contributed by atoms with Gasteiger partial charge in [0.25, 0.3) is 5.91 Å². The third-order valence-corrected chi connectivity index (χ3v) is 7.73. The highest BCUT2D eigenvalue weighted by atomic mass is 79.9. The normalized spacial score (nSPS) is 31.4. The summed E-state index contributed by atoms with van der Waals surface area (Å²) in [4.78, 5) is 43.3. The van der Waals surface area contributed by atoms with Crippen molar-refractivity contribution >= 4 is 39.4 Å². The Labute approximate surface area is 206 Å². The highest BCUT2D eigenvalue weighted by Crippen LogP contribution is 2.60. The molecule has 3 aliphatic heterocycles. The van der Waals surface area contributed by atoms with E-state index in [0.29, 0.717) is 17.9 Å². The van der Waals surface area contributed by atoms with Crippen LogP contribution in [0.5, 0.6) is 5.75 Å². The minimum Gasteiger partial charge on any atom is -0.497 e. The van der Waals surface area contributed by atoms with Gasteiger partial charge in [0.15, 0.2) is 0 Å². The van der Waals surface area contributed by atoms with Gasteiger partial charge in [0.1, 0.15) is 17.4 Å². The molecular formula is C24H29BrN2O7. The topological polar surface area (TPSA) is 106 Å². The summed E-state index contributed by atoms with van der Waals surface area (Å²) >= 11 is 3.60. The fourth-order valence-electron chi connectivity index (χ4n) is 5.63. The Morgan fingerprint density at radius 3 is 2.68 bits per heavy atom. The van der Waals surface area contributed by atoms with Crippen LogP contribution in [0.2, 0.25) is 0 Å². The summed E-state index contributed by atoms with van der Waals surface area (Å²) in [6.07, 6.45) is 1.41. The molecule has 2 amide bonds. The largest absolute Gasteiger partial charge is 0.497 e. The number of hydrogen-bond donors (Lipinski definition) is 1. The van der Waals surface area contributed by atoms with Gasteiger partial charge in [0.05, 0.1) is 38.3 Å². The monoisotopic (exact) mass is 536 g/mol. The van der Waals surface area contributed by atoms with Crippen molar-refractivity contribution in [2.45, 2.75) is 35.9 Å². The number of alkyl halides is 1. The lowest BCUT2D eigenvalue weighted by Crippen LogP contribution is -2.57. The van der Waals surface area contributed by atoms with Gasteiger partial charge in [-0.1, -0.05) is 22.0 Å². The average Bonchev–Trinajstić information content (AvgIpc) is 3.41. The Hall–Kier alpha value is -2.43. The molecule has 3 saturated heterocycles. The molecule has 0 saturated carbocycles. The third kappa shape index (κ3) is 3.72. The van der Waals surface area contributed by atoms with Crippen molar-refractivity contribution in [1.29, 1.82) is 0 Å². The molecule has 6 atom stereocenters. The number of β-amino-alcohol motifs (C(OH)–C–C–N with tert-alkyl or cyclic N) is 1. The maximum absolute atomic E-state index is 14.1. The van der Waals surface area contributed by atoms with Crippen LogP contribution in [-0.2, 0) is 23.9 Å². The Morgan fingerprint density at radius 1 is 1.38 bits per heavy atom. The number of rotatable bonds is 9. The number of nitrogens with zero attached hydrogens (tertiary/aromatic N) is 2. The fourth-order valence-corrected chi connectivity index (χ4v) is 6.57. The van der Waals surface area contributed by atoms with Gasteiger partial charge in [-0.15, -0.1) is 6.58 Å². The maximum atomic E-state index is 14.1. The first-order valence-electron chi connectivity index (χ1n) is 11.3. The average molecular weight is 537 g/mol. The number of amides is 2. The SMILES string of the molecule is C=CCN(C(=O)C1N(CCO)C(=O)[C@@H]2[C@@H](C(=O)OCC)[C@@H]3OC12CC3Br)c1ccc(OC)cc1. The first-order chi connectivity index (χ1) is 16.3. The summed E-state index contributed by atoms with van der Waals surface area (Å²) in [5.41, 5.74) is -0.599. The number of esters is 1. The van der Waals surface area contributed by atoms with Gasteiger partial charge < -0.3 is 29.1 Å².